The summed E-state index contributed by atoms with van der Waals surface area (Å²) in [5.74, 6) is -0.802. The molecular formula is C13H11F2NO3. The Balaban J connectivity index is 2.43. The minimum Gasteiger partial charge on any atom is -0.465 e. The maximum atomic E-state index is 12.3. The Morgan fingerprint density at radius 1 is 1.42 bits per heavy atom. The topological polar surface area (TPSA) is 59.3 Å². The first kappa shape index (κ1) is 13.3. The fourth-order valence-electron chi connectivity index (χ4n) is 1.87. The van der Waals surface area contributed by atoms with Crippen LogP contribution in [0, 0.1) is 11.3 Å². The number of carbonyl (C=O) groups is 1. The molecule has 0 N–H and O–H groups in total. The standard InChI is InChI=1S/C13H11F2NO3/c1-18-11(17)8-4-9(13(7-16)2-3-13)6-10(5-8)19-12(14)15/h4-6,12H,2-3H2,1H3. The third-order valence-electron chi connectivity index (χ3n) is 3.07. The van der Waals surface area contributed by atoms with Gasteiger partial charge in [0.2, 0.25) is 0 Å². The lowest BCUT2D eigenvalue weighted by Gasteiger charge is -2.12. The van der Waals surface area contributed by atoms with Gasteiger partial charge in [0, 0.05) is 0 Å². The van der Waals surface area contributed by atoms with E-state index in [1.165, 1.54) is 25.3 Å². The van der Waals surface area contributed by atoms with Gasteiger partial charge >= 0.3 is 12.6 Å². The van der Waals surface area contributed by atoms with Gasteiger partial charge in [-0.15, -0.1) is 0 Å². The molecule has 0 heterocycles. The van der Waals surface area contributed by atoms with Crippen molar-refractivity contribution in [2.75, 3.05) is 7.11 Å². The molecule has 0 amide bonds. The SMILES string of the molecule is COC(=O)c1cc(OC(F)F)cc(C2(C#N)CC2)c1. The molecule has 0 radical (unpaired) electrons. The molecular weight excluding hydrogens is 256 g/mol. The van der Waals surface area contributed by atoms with Crippen molar-refractivity contribution >= 4 is 5.97 Å². The molecule has 1 aliphatic rings. The second kappa shape index (κ2) is 4.84. The van der Waals surface area contributed by atoms with Crippen LogP contribution in [0.15, 0.2) is 18.2 Å². The average molecular weight is 267 g/mol. The molecule has 0 atom stereocenters. The Kier molecular flexibility index (Phi) is 3.38. The van der Waals surface area contributed by atoms with E-state index in [4.69, 9.17) is 5.26 Å². The Labute approximate surface area is 108 Å². The molecule has 100 valence electrons. The van der Waals surface area contributed by atoms with Gasteiger partial charge in [-0.3, -0.25) is 0 Å². The molecule has 4 nitrogen and oxygen atoms in total. The summed E-state index contributed by atoms with van der Waals surface area (Å²) in [6.07, 6.45) is 1.28. The number of hydrogen-bond acceptors (Lipinski definition) is 4. The number of ether oxygens (including phenoxy) is 2. The van der Waals surface area contributed by atoms with Crippen molar-refractivity contribution in [3.05, 3.63) is 29.3 Å². The van der Waals surface area contributed by atoms with Gasteiger partial charge in [-0.2, -0.15) is 14.0 Å². The Hall–Kier alpha value is -2.16. The van der Waals surface area contributed by atoms with E-state index in [1.54, 1.807) is 0 Å². The summed E-state index contributed by atoms with van der Waals surface area (Å²) < 4.78 is 33.4. The quantitative estimate of drug-likeness (QED) is 0.787. The molecule has 0 spiro atoms. The molecule has 0 bridgehead atoms. The van der Waals surface area contributed by atoms with Crippen LogP contribution in [0.1, 0.15) is 28.8 Å². The number of benzene rings is 1. The van der Waals surface area contributed by atoms with Crippen LogP contribution in [-0.2, 0) is 10.2 Å². The van der Waals surface area contributed by atoms with Gasteiger partial charge in [-0.25, -0.2) is 4.79 Å². The summed E-state index contributed by atoms with van der Waals surface area (Å²) in [6, 6.07) is 6.17. The van der Waals surface area contributed by atoms with Gasteiger partial charge < -0.3 is 9.47 Å². The number of esters is 1. The van der Waals surface area contributed by atoms with E-state index in [9.17, 15) is 13.6 Å². The first-order valence-electron chi connectivity index (χ1n) is 5.61. The number of hydrogen-bond donors (Lipinski definition) is 0. The fourth-order valence-corrected chi connectivity index (χ4v) is 1.87. The first-order chi connectivity index (χ1) is 9.00. The highest BCUT2D eigenvalue weighted by Gasteiger charge is 2.45. The monoisotopic (exact) mass is 267 g/mol. The van der Waals surface area contributed by atoms with Gasteiger partial charge in [0.05, 0.1) is 24.2 Å². The highest BCUT2D eigenvalue weighted by molar-refractivity contribution is 5.90. The largest absolute Gasteiger partial charge is 0.465 e. The number of carbonyl (C=O) groups excluding carboxylic acids is 1. The number of rotatable bonds is 4. The van der Waals surface area contributed by atoms with E-state index in [-0.39, 0.29) is 11.3 Å². The molecule has 1 fully saturated rings. The lowest BCUT2D eigenvalue weighted by atomic mass is 9.95. The van der Waals surface area contributed by atoms with E-state index in [0.717, 1.165) is 0 Å². The molecule has 1 aromatic rings. The fraction of sp³-hybridized carbons (Fsp3) is 0.385. The van der Waals surface area contributed by atoms with Gasteiger partial charge in [0.25, 0.3) is 0 Å². The van der Waals surface area contributed by atoms with Crippen molar-refractivity contribution in [3.8, 4) is 11.8 Å². The summed E-state index contributed by atoms with van der Waals surface area (Å²) in [4.78, 5) is 11.5. The van der Waals surface area contributed by atoms with Crippen molar-refractivity contribution in [1.29, 1.82) is 5.26 Å². The molecule has 0 aliphatic heterocycles. The number of halogens is 2. The van der Waals surface area contributed by atoms with E-state index in [2.05, 4.69) is 15.5 Å². The van der Waals surface area contributed by atoms with E-state index >= 15 is 0 Å². The maximum absolute atomic E-state index is 12.3. The molecule has 1 aliphatic carbocycles. The van der Waals surface area contributed by atoms with Crippen LogP contribution in [0.5, 0.6) is 5.75 Å². The molecule has 2 rings (SSSR count). The smallest absolute Gasteiger partial charge is 0.387 e. The van der Waals surface area contributed by atoms with Crippen LogP contribution in [0.3, 0.4) is 0 Å². The zero-order valence-corrected chi connectivity index (χ0v) is 10.2. The van der Waals surface area contributed by atoms with Crippen LogP contribution in [-0.4, -0.2) is 19.7 Å². The molecule has 19 heavy (non-hydrogen) atoms. The number of nitrogens with zero attached hydrogens (tertiary/aromatic N) is 1. The lowest BCUT2D eigenvalue weighted by molar-refractivity contribution is -0.0499. The molecule has 0 unspecified atom stereocenters. The van der Waals surface area contributed by atoms with E-state index in [0.29, 0.717) is 18.4 Å². The Morgan fingerprint density at radius 3 is 2.58 bits per heavy atom. The van der Waals surface area contributed by atoms with E-state index < -0.39 is 18.0 Å². The lowest BCUT2D eigenvalue weighted by Crippen LogP contribution is -2.10. The predicted octanol–water partition coefficient (Wildman–Crippen LogP) is 2.63. The number of nitriles is 1. The summed E-state index contributed by atoms with van der Waals surface area (Å²) in [7, 11) is 1.19. The van der Waals surface area contributed by atoms with Crippen LogP contribution in [0.4, 0.5) is 8.78 Å². The van der Waals surface area contributed by atoms with E-state index in [1.807, 2.05) is 0 Å². The molecule has 6 heteroatoms. The minimum absolute atomic E-state index is 0.0946. The second-order valence-electron chi connectivity index (χ2n) is 4.31. The highest BCUT2D eigenvalue weighted by atomic mass is 19.3. The summed E-state index contributed by atoms with van der Waals surface area (Å²) in [5.41, 5.74) is -0.0877. The van der Waals surface area contributed by atoms with Crippen LogP contribution in [0.2, 0.25) is 0 Å². The van der Waals surface area contributed by atoms with Crippen LogP contribution in [0.25, 0.3) is 0 Å². The van der Waals surface area contributed by atoms with Crippen LogP contribution >= 0.6 is 0 Å². The number of methoxy groups -OCH3 is 1. The van der Waals surface area contributed by atoms with Crippen molar-refractivity contribution in [1.82, 2.24) is 0 Å². The second-order valence-corrected chi connectivity index (χ2v) is 4.31. The molecule has 0 aromatic heterocycles. The normalized spacial score (nSPS) is 15.7. The van der Waals surface area contributed by atoms with Crippen LogP contribution < -0.4 is 4.74 Å². The first-order valence-corrected chi connectivity index (χ1v) is 5.61. The predicted molar refractivity (Wildman–Crippen MR) is 60.9 cm³/mol. The van der Waals surface area contributed by atoms with Crippen molar-refractivity contribution in [2.45, 2.75) is 24.9 Å². The zero-order chi connectivity index (χ0) is 14.0. The minimum atomic E-state index is -2.99. The van der Waals surface area contributed by atoms with Gasteiger partial charge in [-0.1, -0.05) is 0 Å². The highest BCUT2D eigenvalue weighted by Crippen LogP contribution is 2.48. The third kappa shape index (κ3) is 2.65. The molecule has 1 aromatic carbocycles. The third-order valence-corrected chi connectivity index (χ3v) is 3.07. The Morgan fingerprint density at radius 2 is 2.11 bits per heavy atom. The summed E-state index contributed by atoms with van der Waals surface area (Å²) in [5, 5.41) is 9.11. The number of alkyl halides is 2. The summed E-state index contributed by atoms with van der Waals surface area (Å²) in [6.45, 7) is -2.99. The maximum Gasteiger partial charge on any atom is 0.387 e. The van der Waals surface area contributed by atoms with Crippen molar-refractivity contribution in [2.24, 2.45) is 0 Å². The van der Waals surface area contributed by atoms with Gasteiger partial charge in [0.1, 0.15) is 5.75 Å². The van der Waals surface area contributed by atoms with Crippen molar-refractivity contribution in [3.63, 3.8) is 0 Å². The Bertz CT molecular complexity index is 547. The van der Waals surface area contributed by atoms with Gasteiger partial charge in [-0.05, 0) is 36.6 Å². The van der Waals surface area contributed by atoms with Crippen molar-refractivity contribution < 1.29 is 23.0 Å². The molecule has 0 saturated heterocycles. The average Bonchev–Trinajstić information content (AvgIpc) is 3.17. The zero-order valence-electron chi connectivity index (χ0n) is 10.2. The molecule has 1 saturated carbocycles. The summed E-state index contributed by atoms with van der Waals surface area (Å²) >= 11 is 0. The van der Waals surface area contributed by atoms with Gasteiger partial charge in [0.15, 0.2) is 0 Å².